The number of nitrogens with two attached hydrogens (primary N) is 1. The van der Waals surface area contributed by atoms with Crippen molar-refractivity contribution in [3.8, 4) is 0 Å². The second-order valence-corrected chi connectivity index (χ2v) is 2.30. The predicted molar refractivity (Wildman–Crippen MR) is 60.1 cm³/mol. The van der Waals surface area contributed by atoms with Crippen molar-refractivity contribution < 1.29 is 4.79 Å². The standard InChI is InChI=1S/C7H8.CH3ClN2O.H2S/c1-7-5-3-2-4-6-7;2-4-1(3)5;/h2-6H,1H3;(H3,3,4,5);1H2. The Morgan fingerprint density at radius 2 is 1.77 bits per heavy atom. The highest BCUT2D eigenvalue weighted by Crippen LogP contribution is 1.92. The summed E-state index contributed by atoms with van der Waals surface area (Å²) in [6.07, 6.45) is 0. The molecule has 0 bridgehead atoms. The number of benzene rings is 1. The van der Waals surface area contributed by atoms with Gasteiger partial charge in [0.1, 0.15) is 0 Å². The SMILES string of the molecule is Cc1ccccc1.NC(=O)NCl.S. The summed E-state index contributed by atoms with van der Waals surface area (Å²) in [7, 11) is 0. The van der Waals surface area contributed by atoms with Gasteiger partial charge >= 0.3 is 6.03 Å². The molecule has 13 heavy (non-hydrogen) atoms. The largest absolute Gasteiger partial charge is 0.351 e. The molecular weight excluding hydrogens is 208 g/mol. The van der Waals surface area contributed by atoms with E-state index < -0.39 is 6.03 Å². The van der Waals surface area contributed by atoms with E-state index in [1.165, 1.54) is 5.56 Å². The molecule has 0 aromatic heterocycles. The fourth-order valence-corrected chi connectivity index (χ4v) is 0.534. The number of primary amides is 1. The number of rotatable bonds is 0. The maximum absolute atomic E-state index is 9.35. The quantitative estimate of drug-likeness (QED) is 0.645. The molecule has 3 nitrogen and oxygen atoms in total. The monoisotopic (exact) mass is 220 g/mol. The van der Waals surface area contributed by atoms with Crippen molar-refractivity contribution in [2.45, 2.75) is 6.92 Å². The van der Waals surface area contributed by atoms with E-state index in [0.29, 0.717) is 0 Å². The highest BCUT2D eigenvalue weighted by molar-refractivity contribution is 7.59. The number of urea groups is 1. The molecule has 0 saturated carbocycles. The van der Waals surface area contributed by atoms with E-state index in [4.69, 9.17) is 0 Å². The normalized spacial score (nSPS) is 7.23. The topological polar surface area (TPSA) is 55.1 Å². The summed E-state index contributed by atoms with van der Waals surface area (Å²) in [5, 5.41) is 0. The van der Waals surface area contributed by atoms with Gasteiger partial charge in [0, 0.05) is 11.8 Å². The van der Waals surface area contributed by atoms with Gasteiger partial charge in [-0.2, -0.15) is 13.5 Å². The van der Waals surface area contributed by atoms with Crippen LogP contribution in [0.15, 0.2) is 30.3 Å². The molecule has 0 heterocycles. The highest BCUT2D eigenvalue weighted by atomic mass is 35.5. The van der Waals surface area contributed by atoms with E-state index in [1.807, 2.05) is 18.2 Å². The number of carbonyl (C=O) groups excluding carboxylic acids is 1. The molecule has 0 unspecified atom stereocenters. The number of amides is 2. The highest BCUT2D eigenvalue weighted by Gasteiger charge is 1.75. The summed E-state index contributed by atoms with van der Waals surface area (Å²) in [6, 6.07) is 9.53. The number of carbonyl (C=O) groups is 1. The van der Waals surface area contributed by atoms with Gasteiger partial charge in [-0.05, 0) is 6.92 Å². The van der Waals surface area contributed by atoms with Gasteiger partial charge in [0.2, 0.25) is 0 Å². The van der Waals surface area contributed by atoms with Crippen LogP contribution >= 0.6 is 25.3 Å². The number of halogens is 1. The van der Waals surface area contributed by atoms with E-state index in [0.717, 1.165) is 0 Å². The maximum atomic E-state index is 9.35. The Morgan fingerprint density at radius 3 is 1.92 bits per heavy atom. The summed E-state index contributed by atoms with van der Waals surface area (Å²) in [5.41, 5.74) is 5.73. The Bertz CT molecular complexity index is 231. The molecule has 5 heteroatoms. The minimum absolute atomic E-state index is 0. The first-order valence-electron chi connectivity index (χ1n) is 3.34. The van der Waals surface area contributed by atoms with Gasteiger partial charge < -0.3 is 5.73 Å². The summed E-state index contributed by atoms with van der Waals surface area (Å²) in [6.45, 7) is 2.08. The van der Waals surface area contributed by atoms with E-state index >= 15 is 0 Å². The first-order chi connectivity index (χ1) is 5.66. The Kier molecular flexibility index (Phi) is 10.4. The van der Waals surface area contributed by atoms with Crippen LogP contribution in [0.1, 0.15) is 5.56 Å². The molecule has 1 rings (SSSR count). The van der Waals surface area contributed by atoms with Crippen molar-refractivity contribution in [1.29, 1.82) is 0 Å². The number of aryl methyl sites for hydroxylation is 1. The third kappa shape index (κ3) is 11.1. The van der Waals surface area contributed by atoms with Crippen molar-refractivity contribution in [2.24, 2.45) is 5.73 Å². The second-order valence-electron chi connectivity index (χ2n) is 2.11. The zero-order valence-corrected chi connectivity index (χ0v) is 9.01. The Labute approximate surface area is 89.8 Å². The Hall–Kier alpha value is -0.870. The average Bonchev–Trinajstić information content (AvgIpc) is 2.07. The van der Waals surface area contributed by atoms with Crippen LogP contribution in [0.25, 0.3) is 0 Å². The molecule has 0 aliphatic rings. The van der Waals surface area contributed by atoms with Crippen molar-refractivity contribution in [3.63, 3.8) is 0 Å². The average molecular weight is 221 g/mol. The van der Waals surface area contributed by atoms with Gasteiger partial charge in [0.15, 0.2) is 0 Å². The minimum atomic E-state index is -0.730. The smallest absolute Gasteiger partial charge is 0.326 e. The Balaban J connectivity index is 0. The van der Waals surface area contributed by atoms with Gasteiger partial charge in [-0.1, -0.05) is 35.9 Å². The van der Waals surface area contributed by atoms with Crippen LogP contribution in [0.4, 0.5) is 4.79 Å². The van der Waals surface area contributed by atoms with Gasteiger partial charge in [-0.25, -0.2) is 4.79 Å². The van der Waals surface area contributed by atoms with E-state index in [9.17, 15) is 4.79 Å². The molecule has 0 fully saturated rings. The fourth-order valence-electron chi connectivity index (χ4n) is 0.534. The van der Waals surface area contributed by atoms with Crippen LogP contribution in [0.5, 0.6) is 0 Å². The molecule has 0 spiro atoms. The molecule has 2 amide bonds. The molecule has 0 aliphatic carbocycles. The molecule has 3 N–H and O–H groups in total. The van der Waals surface area contributed by atoms with E-state index in [1.54, 1.807) is 4.84 Å². The van der Waals surface area contributed by atoms with Crippen LogP contribution in [0, 0.1) is 6.92 Å². The van der Waals surface area contributed by atoms with Crippen LogP contribution < -0.4 is 10.6 Å². The second kappa shape index (κ2) is 9.22. The first kappa shape index (κ1) is 14.6. The van der Waals surface area contributed by atoms with Gasteiger partial charge in [0.05, 0.1) is 0 Å². The zero-order chi connectivity index (χ0) is 9.40. The molecule has 0 aliphatic heterocycles. The summed E-state index contributed by atoms with van der Waals surface area (Å²) >= 11 is 4.61. The molecular formula is C8H13ClN2OS. The minimum Gasteiger partial charge on any atom is -0.351 e. The third-order valence-corrected chi connectivity index (χ3v) is 1.22. The predicted octanol–water partition coefficient (Wildman–Crippen LogP) is 1.92. The van der Waals surface area contributed by atoms with Crippen LogP contribution in [-0.2, 0) is 0 Å². The lowest BCUT2D eigenvalue weighted by Crippen LogP contribution is -2.19. The molecule has 1 aromatic rings. The molecule has 1 aromatic carbocycles. The van der Waals surface area contributed by atoms with Gasteiger partial charge in [-0.3, -0.25) is 4.84 Å². The van der Waals surface area contributed by atoms with Crippen molar-refractivity contribution in [3.05, 3.63) is 35.9 Å². The van der Waals surface area contributed by atoms with Crippen LogP contribution in [0.3, 0.4) is 0 Å². The Morgan fingerprint density at radius 1 is 1.38 bits per heavy atom. The number of hydrogen-bond donors (Lipinski definition) is 2. The zero-order valence-electron chi connectivity index (χ0n) is 7.25. The molecule has 0 saturated heterocycles. The van der Waals surface area contributed by atoms with Crippen LogP contribution in [-0.4, -0.2) is 6.03 Å². The first-order valence-corrected chi connectivity index (χ1v) is 3.72. The van der Waals surface area contributed by atoms with Crippen molar-refractivity contribution in [1.82, 2.24) is 4.84 Å². The van der Waals surface area contributed by atoms with E-state index in [-0.39, 0.29) is 13.5 Å². The summed E-state index contributed by atoms with van der Waals surface area (Å²) < 4.78 is 0. The lowest BCUT2D eigenvalue weighted by Gasteiger charge is -1.82. The van der Waals surface area contributed by atoms with Crippen molar-refractivity contribution in [2.75, 3.05) is 0 Å². The van der Waals surface area contributed by atoms with Gasteiger partial charge in [-0.15, -0.1) is 0 Å². The fraction of sp³-hybridized carbons (Fsp3) is 0.125. The summed E-state index contributed by atoms with van der Waals surface area (Å²) in [5.74, 6) is 0. The molecule has 0 radical (unpaired) electrons. The molecule has 74 valence electrons. The summed E-state index contributed by atoms with van der Waals surface area (Å²) in [4.78, 5) is 11.0. The lowest BCUT2D eigenvalue weighted by molar-refractivity contribution is 0.254. The molecule has 0 atom stereocenters. The lowest BCUT2D eigenvalue weighted by atomic mass is 10.2. The number of hydrogen-bond acceptors (Lipinski definition) is 1. The maximum Gasteiger partial charge on any atom is 0.326 e. The third-order valence-electron chi connectivity index (χ3n) is 1.03. The van der Waals surface area contributed by atoms with Gasteiger partial charge in [0.25, 0.3) is 0 Å². The van der Waals surface area contributed by atoms with Crippen molar-refractivity contribution >= 4 is 31.3 Å². The van der Waals surface area contributed by atoms with E-state index in [2.05, 4.69) is 36.6 Å². The number of nitrogens with one attached hydrogen (secondary N) is 1. The van der Waals surface area contributed by atoms with Crippen LogP contribution in [0.2, 0.25) is 0 Å².